The number of anilines is 2. The number of nitrogens with one attached hydrogen (secondary N) is 2. The van der Waals surface area contributed by atoms with Crippen LogP contribution in [0.2, 0.25) is 0 Å². The summed E-state index contributed by atoms with van der Waals surface area (Å²) in [7, 11) is -4.03. The zero-order valence-corrected chi connectivity index (χ0v) is 24.2. The van der Waals surface area contributed by atoms with Crippen LogP contribution in [0, 0.1) is 20.8 Å². The second kappa shape index (κ2) is 12.6. The van der Waals surface area contributed by atoms with E-state index in [2.05, 4.69) is 15.8 Å². The molecule has 9 heteroatoms. The Morgan fingerprint density at radius 1 is 0.780 bits per heavy atom. The molecule has 0 aromatic heterocycles. The molecule has 4 aromatic carbocycles. The van der Waals surface area contributed by atoms with Gasteiger partial charge in [0.1, 0.15) is 6.54 Å². The molecule has 0 spiro atoms. The van der Waals surface area contributed by atoms with Crippen molar-refractivity contribution in [3.8, 4) is 0 Å². The summed E-state index contributed by atoms with van der Waals surface area (Å²) in [5, 5.41) is 7.02. The molecule has 0 saturated heterocycles. The van der Waals surface area contributed by atoms with Crippen LogP contribution in [0.25, 0.3) is 0 Å². The Balaban J connectivity index is 1.48. The summed E-state index contributed by atoms with van der Waals surface area (Å²) >= 11 is 0. The Hall–Kier alpha value is -4.76. The largest absolute Gasteiger partial charge is 0.322 e. The summed E-state index contributed by atoms with van der Waals surface area (Å²) in [5.41, 5.74) is 8.12. The molecule has 2 N–H and O–H groups in total. The lowest BCUT2D eigenvalue weighted by atomic mass is 10.1. The molecular formula is C32H32N4O4S. The van der Waals surface area contributed by atoms with Crippen molar-refractivity contribution in [3.63, 3.8) is 0 Å². The maximum Gasteiger partial charge on any atom is 0.264 e. The fraction of sp³-hybridized carbons (Fsp3) is 0.156. The average molecular weight is 569 g/mol. The Bertz CT molecular complexity index is 1680. The van der Waals surface area contributed by atoms with Gasteiger partial charge in [0.15, 0.2) is 0 Å². The van der Waals surface area contributed by atoms with Crippen LogP contribution < -0.4 is 15.0 Å². The number of hydrogen-bond acceptors (Lipinski definition) is 5. The van der Waals surface area contributed by atoms with E-state index in [9.17, 15) is 18.0 Å². The first-order valence-corrected chi connectivity index (χ1v) is 14.5. The Kier molecular flexibility index (Phi) is 8.99. The molecule has 0 aliphatic carbocycles. The van der Waals surface area contributed by atoms with E-state index in [1.807, 2.05) is 32.9 Å². The molecule has 0 radical (unpaired) electrons. The first-order chi connectivity index (χ1) is 19.5. The number of carbonyl (C=O) groups excluding carboxylic acids is 2. The highest BCUT2D eigenvalue weighted by Crippen LogP contribution is 2.26. The molecule has 0 saturated carbocycles. The van der Waals surface area contributed by atoms with Crippen molar-refractivity contribution < 1.29 is 18.0 Å². The van der Waals surface area contributed by atoms with E-state index in [0.717, 1.165) is 26.6 Å². The lowest BCUT2D eigenvalue weighted by molar-refractivity contribution is -0.119. The van der Waals surface area contributed by atoms with Crippen LogP contribution in [0.5, 0.6) is 0 Å². The standard InChI is InChI=1S/C32H32N4O4S/c1-22-10-18-30(19-11-22)41(39,40)36(29-17-12-23(2)24(3)20-29)21-31(37)35-34-25(4)26-13-15-28(16-14-26)33-32(38)27-8-6-5-7-9-27/h5-20H,21H2,1-4H3,(H,33,38)(H,35,37)/b34-25-. The third-order valence-corrected chi connectivity index (χ3v) is 8.41. The van der Waals surface area contributed by atoms with Crippen LogP contribution in [0.1, 0.15) is 39.5 Å². The summed E-state index contributed by atoms with van der Waals surface area (Å²) in [6, 6.07) is 27.7. The minimum Gasteiger partial charge on any atom is -0.322 e. The third-order valence-electron chi connectivity index (χ3n) is 6.62. The van der Waals surface area contributed by atoms with Gasteiger partial charge in [0, 0.05) is 11.3 Å². The molecule has 0 fully saturated rings. The van der Waals surface area contributed by atoms with Crippen LogP contribution in [0.3, 0.4) is 0 Å². The molecule has 41 heavy (non-hydrogen) atoms. The first-order valence-electron chi connectivity index (χ1n) is 13.0. The van der Waals surface area contributed by atoms with Crippen molar-refractivity contribution in [1.29, 1.82) is 0 Å². The molecule has 8 nitrogen and oxygen atoms in total. The smallest absolute Gasteiger partial charge is 0.264 e. The van der Waals surface area contributed by atoms with Crippen molar-refractivity contribution in [2.45, 2.75) is 32.6 Å². The van der Waals surface area contributed by atoms with Crippen LogP contribution in [0.15, 0.2) is 107 Å². The van der Waals surface area contributed by atoms with Gasteiger partial charge in [-0.25, -0.2) is 13.8 Å². The van der Waals surface area contributed by atoms with E-state index in [4.69, 9.17) is 0 Å². The first kappa shape index (κ1) is 29.2. The number of sulfonamides is 1. The van der Waals surface area contributed by atoms with Crippen molar-refractivity contribution >= 4 is 38.9 Å². The van der Waals surface area contributed by atoms with E-state index in [0.29, 0.717) is 22.6 Å². The number of aryl methyl sites for hydroxylation is 3. The van der Waals surface area contributed by atoms with Gasteiger partial charge in [0.25, 0.3) is 21.8 Å². The Morgan fingerprint density at radius 2 is 1.44 bits per heavy atom. The SMILES string of the molecule is C/C(=N/NC(=O)CN(c1ccc(C)c(C)c1)S(=O)(=O)c1ccc(C)cc1)c1ccc(NC(=O)c2ccccc2)cc1. The molecule has 2 amide bonds. The van der Waals surface area contributed by atoms with Crippen molar-refractivity contribution in [3.05, 3.63) is 125 Å². The van der Waals surface area contributed by atoms with Crippen LogP contribution >= 0.6 is 0 Å². The van der Waals surface area contributed by atoms with Crippen molar-refractivity contribution in [2.75, 3.05) is 16.2 Å². The lowest BCUT2D eigenvalue weighted by Gasteiger charge is -2.24. The predicted octanol–water partition coefficient (Wildman–Crippen LogP) is 5.60. The molecule has 0 heterocycles. The number of hydrazone groups is 1. The summed E-state index contributed by atoms with van der Waals surface area (Å²) in [6.45, 7) is 6.97. The van der Waals surface area contributed by atoms with E-state index in [1.54, 1.807) is 79.7 Å². The maximum absolute atomic E-state index is 13.6. The monoisotopic (exact) mass is 568 g/mol. The molecule has 210 valence electrons. The number of nitrogens with zero attached hydrogens (tertiary/aromatic N) is 2. The van der Waals surface area contributed by atoms with Gasteiger partial charge in [-0.1, -0.05) is 54.1 Å². The Morgan fingerprint density at radius 3 is 2.07 bits per heavy atom. The molecule has 0 atom stereocenters. The van der Waals surface area contributed by atoms with E-state index in [-0.39, 0.29) is 10.8 Å². The molecule has 4 aromatic rings. The van der Waals surface area contributed by atoms with E-state index in [1.165, 1.54) is 12.1 Å². The normalized spacial score (nSPS) is 11.6. The zero-order chi connectivity index (χ0) is 29.6. The molecule has 0 bridgehead atoms. The molecule has 0 aliphatic rings. The van der Waals surface area contributed by atoms with Gasteiger partial charge < -0.3 is 5.32 Å². The van der Waals surface area contributed by atoms with E-state index < -0.39 is 22.5 Å². The number of carbonyl (C=O) groups is 2. The van der Waals surface area contributed by atoms with Gasteiger partial charge in [-0.05, 0) is 92.9 Å². The van der Waals surface area contributed by atoms with Gasteiger partial charge in [-0.2, -0.15) is 5.10 Å². The zero-order valence-electron chi connectivity index (χ0n) is 23.4. The topological polar surface area (TPSA) is 108 Å². The molecule has 0 aliphatic heterocycles. The van der Waals surface area contributed by atoms with Crippen molar-refractivity contribution in [1.82, 2.24) is 5.43 Å². The predicted molar refractivity (Wildman–Crippen MR) is 163 cm³/mol. The average Bonchev–Trinajstić information content (AvgIpc) is 2.97. The summed E-state index contributed by atoms with van der Waals surface area (Å²) < 4.78 is 28.3. The van der Waals surface area contributed by atoms with Gasteiger partial charge in [-0.3, -0.25) is 13.9 Å². The fourth-order valence-electron chi connectivity index (χ4n) is 4.00. The maximum atomic E-state index is 13.6. The van der Waals surface area contributed by atoms with Gasteiger partial charge in [0.2, 0.25) is 0 Å². The minimum absolute atomic E-state index is 0.0910. The third kappa shape index (κ3) is 7.26. The highest BCUT2D eigenvalue weighted by Gasteiger charge is 2.27. The van der Waals surface area contributed by atoms with Gasteiger partial charge >= 0.3 is 0 Å². The van der Waals surface area contributed by atoms with Gasteiger partial charge in [-0.15, -0.1) is 0 Å². The number of amides is 2. The van der Waals surface area contributed by atoms with Crippen LogP contribution in [-0.4, -0.2) is 32.5 Å². The summed E-state index contributed by atoms with van der Waals surface area (Å²) in [6.07, 6.45) is 0. The number of hydrogen-bond donors (Lipinski definition) is 2. The molecular weight excluding hydrogens is 536 g/mol. The Labute approximate surface area is 240 Å². The quantitative estimate of drug-likeness (QED) is 0.202. The van der Waals surface area contributed by atoms with Crippen LogP contribution in [-0.2, 0) is 14.8 Å². The lowest BCUT2D eigenvalue weighted by Crippen LogP contribution is -2.39. The summed E-state index contributed by atoms with van der Waals surface area (Å²) in [5.74, 6) is -0.810. The minimum atomic E-state index is -4.03. The van der Waals surface area contributed by atoms with Gasteiger partial charge in [0.05, 0.1) is 16.3 Å². The fourth-order valence-corrected chi connectivity index (χ4v) is 5.41. The van der Waals surface area contributed by atoms with Crippen LogP contribution in [0.4, 0.5) is 11.4 Å². The highest BCUT2D eigenvalue weighted by atomic mass is 32.2. The number of benzene rings is 4. The second-order valence-corrected chi connectivity index (χ2v) is 11.6. The summed E-state index contributed by atoms with van der Waals surface area (Å²) in [4.78, 5) is 25.5. The molecule has 4 rings (SSSR count). The molecule has 0 unspecified atom stereocenters. The van der Waals surface area contributed by atoms with E-state index >= 15 is 0 Å². The highest BCUT2D eigenvalue weighted by molar-refractivity contribution is 7.92. The second-order valence-electron chi connectivity index (χ2n) is 9.72. The van der Waals surface area contributed by atoms with Crippen molar-refractivity contribution in [2.24, 2.45) is 5.10 Å². The number of rotatable bonds is 9.